The summed E-state index contributed by atoms with van der Waals surface area (Å²) in [4.78, 5) is 32.8. The van der Waals surface area contributed by atoms with Crippen LogP contribution < -0.4 is 15.8 Å². The van der Waals surface area contributed by atoms with Crippen LogP contribution in [0.4, 0.5) is 11.4 Å². The van der Waals surface area contributed by atoms with Crippen molar-refractivity contribution < 1.29 is 27.6 Å². The first-order valence-corrected chi connectivity index (χ1v) is 15.8. The maximum atomic E-state index is 13.9. The van der Waals surface area contributed by atoms with Crippen LogP contribution in [0.1, 0.15) is 36.0 Å². The molecule has 1 saturated carbocycles. The van der Waals surface area contributed by atoms with Gasteiger partial charge in [-0.3, -0.25) is 19.8 Å². The second-order valence-electron chi connectivity index (χ2n) is 10.9. The number of hydrogen-bond acceptors (Lipinski definition) is 10. The Kier molecular flexibility index (Phi) is 8.21. The Hall–Kier alpha value is -4.53. The predicted molar refractivity (Wildman–Crippen MR) is 162 cm³/mol. The minimum Gasteiger partial charge on any atom is -0.453 e. The number of carbonyl (C=O) groups excluding carboxylic acids is 1. The van der Waals surface area contributed by atoms with Crippen LogP contribution in [0.3, 0.4) is 0 Å². The van der Waals surface area contributed by atoms with Gasteiger partial charge in [-0.25, -0.2) is 13.4 Å². The summed E-state index contributed by atoms with van der Waals surface area (Å²) in [5.41, 5.74) is 5.89. The summed E-state index contributed by atoms with van der Waals surface area (Å²) in [6.45, 7) is 3.30. The van der Waals surface area contributed by atoms with Gasteiger partial charge in [-0.2, -0.15) is 0 Å². The minimum atomic E-state index is -4.41. The first kappa shape index (κ1) is 29.5. The number of nitrogens with two attached hydrogens (primary N) is 1. The van der Waals surface area contributed by atoms with E-state index in [-0.39, 0.29) is 44.3 Å². The normalized spacial score (nSPS) is 19.5. The molecule has 14 heteroatoms. The van der Waals surface area contributed by atoms with Crippen molar-refractivity contribution in [3.05, 3.63) is 76.6 Å². The second kappa shape index (κ2) is 12.2. The highest BCUT2D eigenvalue weighted by Gasteiger charge is 2.31. The van der Waals surface area contributed by atoms with E-state index in [1.165, 1.54) is 36.5 Å². The van der Waals surface area contributed by atoms with Crippen LogP contribution in [0.5, 0.6) is 11.5 Å². The topological polar surface area (TPSA) is 183 Å². The quantitative estimate of drug-likeness (QED) is 0.181. The van der Waals surface area contributed by atoms with Crippen molar-refractivity contribution in [2.75, 3.05) is 31.6 Å². The van der Waals surface area contributed by atoms with E-state index in [9.17, 15) is 23.3 Å². The van der Waals surface area contributed by atoms with Gasteiger partial charge in [-0.1, -0.05) is 6.07 Å². The standard InChI is InChI=1S/C30H32N6O7S/c31-29(37)24-2-1-3-27(28(24)43-22-16-19-10-11-32-30(19)33-18-22)44(40,41)23-8-9-25(26(17-23)36(38)39)34-20-4-6-21(7-5-20)35-12-14-42-15-13-35/h1-3,8-11,16-18,20-21,34H,4-7,12-15H2,(H2,31,37)(H,32,33). The van der Waals surface area contributed by atoms with E-state index in [0.717, 1.165) is 58.1 Å². The number of morpholine rings is 1. The number of ether oxygens (including phenoxy) is 2. The number of para-hydroxylation sites is 1. The molecule has 1 saturated heterocycles. The molecule has 1 aliphatic heterocycles. The summed E-state index contributed by atoms with van der Waals surface area (Å²) < 4.78 is 39.3. The van der Waals surface area contributed by atoms with Gasteiger partial charge in [-0.15, -0.1) is 0 Å². The van der Waals surface area contributed by atoms with Gasteiger partial charge in [0.2, 0.25) is 9.84 Å². The van der Waals surface area contributed by atoms with Crippen molar-refractivity contribution in [1.29, 1.82) is 0 Å². The lowest BCUT2D eigenvalue weighted by Crippen LogP contribution is -2.46. The lowest BCUT2D eigenvalue weighted by Gasteiger charge is -2.39. The zero-order chi connectivity index (χ0) is 30.8. The van der Waals surface area contributed by atoms with Crippen LogP contribution in [-0.4, -0.2) is 72.5 Å². The molecule has 1 amide bonds. The SMILES string of the molecule is NC(=O)c1cccc(S(=O)(=O)c2ccc(NC3CCC(N4CCOCC4)CC3)c([N+](=O)[O-])c2)c1Oc1cnc2[nH]ccc2c1. The Morgan fingerprint density at radius 2 is 1.89 bits per heavy atom. The molecule has 0 spiro atoms. The number of primary amides is 1. The molecule has 2 fully saturated rings. The average Bonchev–Trinajstić information content (AvgIpc) is 3.50. The van der Waals surface area contributed by atoms with Gasteiger partial charge in [0.1, 0.15) is 22.0 Å². The van der Waals surface area contributed by atoms with Crippen molar-refractivity contribution in [3.63, 3.8) is 0 Å². The van der Waals surface area contributed by atoms with E-state index in [1.807, 2.05) is 0 Å². The van der Waals surface area contributed by atoms with Gasteiger partial charge in [0.05, 0.1) is 34.8 Å². The Morgan fingerprint density at radius 3 is 2.61 bits per heavy atom. The number of pyridine rings is 1. The fourth-order valence-electron chi connectivity index (χ4n) is 5.95. The van der Waals surface area contributed by atoms with Crippen molar-refractivity contribution in [1.82, 2.24) is 14.9 Å². The molecule has 44 heavy (non-hydrogen) atoms. The number of benzene rings is 2. The average molecular weight is 621 g/mol. The summed E-state index contributed by atoms with van der Waals surface area (Å²) in [6.07, 6.45) is 6.67. The Balaban J connectivity index is 1.27. The van der Waals surface area contributed by atoms with Crippen LogP contribution in [-0.2, 0) is 14.6 Å². The third-order valence-electron chi connectivity index (χ3n) is 8.22. The van der Waals surface area contributed by atoms with Gasteiger partial charge in [0.25, 0.3) is 11.6 Å². The summed E-state index contributed by atoms with van der Waals surface area (Å²) in [5, 5.41) is 16.1. The first-order valence-electron chi connectivity index (χ1n) is 14.4. The molecule has 3 heterocycles. The molecule has 0 unspecified atom stereocenters. The maximum absolute atomic E-state index is 13.9. The Bertz CT molecular complexity index is 1810. The third-order valence-corrected chi connectivity index (χ3v) is 10.00. The van der Waals surface area contributed by atoms with E-state index in [2.05, 4.69) is 20.2 Å². The monoisotopic (exact) mass is 620 g/mol. The number of nitro benzene ring substituents is 1. The number of aromatic amines is 1. The predicted octanol–water partition coefficient (Wildman–Crippen LogP) is 4.25. The molecule has 0 radical (unpaired) electrons. The smallest absolute Gasteiger partial charge is 0.293 e. The summed E-state index contributed by atoms with van der Waals surface area (Å²) in [7, 11) is -4.41. The molecule has 0 bridgehead atoms. The van der Waals surface area contributed by atoms with E-state index < -0.39 is 20.7 Å². The molecule has 4 N–H and O–H groups in total. The van der Waals surface area contributed by atoms with Crippen molar-refractivity contribution in [2.45, 2.75) is 47.6 Å². The fraction of sp³-hybridized carbons (Fsp3) is 0.333. The number of hydrogen-bond donors (Lipinski definition) is 3. The second-order valence-corrected chi connectivity index (χ2v) is 12.8. The molecule has 2 aromatic carbocycles. The number of amides is 1. The molecule has 6 rings (SSSR count). The van der Waals surface area contributed by atoms with Gasteiger partial charge in [-0.05, 0) is 62.1 Å². The molecule has 2 aliphatic rings. The van der Waals surface area contributed by atoms with Gasteiger partial charge in [0.15, 0.2) is 5.75 Å². The van der Waals surface area contributed by atoms with E-state index in [1.54, 1.807) is 18.3 Å². The number of nitrogens with zero attached hydrogens (tertiary/aromatic N) is 3. The summed E-state index contributed by atoms with van der Waals surface area (Å²) in [6, 6.07) is 11.6. The number of H-pyrrole nitrogens is 1. The number of nitro groups is 1. The minimum absolute atomic E-state index is 0.0201. The molecule has 2 aromatic heterocycles. The number of fused-ring (bicyclic) bond motifs is 1. The van der Waals surface area contributed by atoms with Crippen LogP contribution in [0.2, 0.25) is 0 Å². The lowest BCUT2D eigenvalue weighted by molar-refractivity contribution is -0.384. The fourth-order valence-corrected chi connectivity index (χ4v) is 7.37. The third kappa shape index (κ3) is 5.96. The highest BCUT2D eigenvalue weighted by atomic mass is 32.2. The van der Waals surface area contributed by atoms with Crippen LogP contribution >= 0.6 is 0 Å². The van der Waals surface area contributed by atoms with E-state index >= 15 is 0 Å². The molecule has 230 valence electrons. The largest absolute Gasteiger partial charge is 0.453 e. The highest BCUT2D eigenvalue weighted by Crippen LogP contribution is 2.38. The van der Waals surface area contributed by atoms with Crippen molar-refractivity contribution >= 4 is 38.2 Å². The van der Waals surface area contributed by atoms with Crippen LogP contribution in [0, 0.1) is 10.1 Å². The zero-order valence-electron chi connectivity index (χ0n) is 23.8. The highest BCUT2D eigenvalue weighted by molar-refractivity contribution is 7.91. The molecule has 1 aliphatic carbocycles. The molecule has 0 atom stereocenters. The van der Waals surface area contributed by atoms with Crippen LogP contribution in [0.25, 0.3) is 11.0 Å². The van der Waals surface area contributed by atoms with Gasteiger partial charge in [0, 0.05) is 42.8 Å². The molecular weight excluding hydrogens is 588 g/mol. The lowest BCUT2D eigenvalue weighted by atomic mass is 9.89. The zero-order valence-corrected chi connectivity index (χ0v) is 24.6. The van der Waals surface area contributed by atoms with Crippen molar-refractivity contribution in [3.8, 4) is 11.5 Å². The first-order chi connectivity index (χ1) is 21.2. The number of nitrogens with one attached hydrogen (secondary N) is 2. The van der Waals surface area contributed by atoms with E-state index in [4.69, 9.17) is 15.2 Å². The number of sulfone groups is 1. The Labute approximate surface area is 253 Å². The van der Waals surface area contributed by atoms with Gasteiger partial charge >= 0.3 is 0 Å². The molecular formula is C30H32N6O7S. The van der Waals surface area contributed by atoms with Gasteiger partial charge < -0.3 is 25.5 Å². The Morgan fingerprint density at radius 1 is 1.11 bits per heavy atom. The number of carbonyl (C=O) groups is 1. The number of anilines is 1. The molecule has 4 aromatic rings. The summed E-state index contributed by atoms with van der Waals surface area (Å²) >= 11 is 0. The number of rotatable bonds is 9. The number of aromatic nitrogens is 2. The maximum Gasteiger partial charge on any atom is 0.293 e. The summed E-state index contributed by atoms with van der Waals surface area (Å²) in [5.74, 6) is -1.02. The molecule has 13 nitrogen and oxygen atoms in total. The van der Waals surface area contributed by atoms with Crippen LogP contribution in [0.15, 0.2) is 70.7 Å². The van der Waals surface area contributed by atoms with Crippen molar-refractivity contribution in [2.24, 2.45) is 5.73 Å². The van der Waals surface area contributed by atoms with E-state index in [0.29, 0.717) is 17.1 Å².